The molecule has 0 amide bonds. The lowest BCUT2D eigenvalue weighted by Gasteiger charge is -2.34. The monoisotopic (exact) mass is 321 g/mol. The van der Waals surface area contributed by atoms with E-state index < -0.39 is 5.97 Å². The number of hydrogen-bond donors (Lipinski definition) is 1. The molecule has 1 N–H and O–H groups in total. The maximum absolute atomic E-state index is 14.0. The van der Waals surface area contributed by atoms with Gasteiger partial charge >= 0.3 is 5.97 Å². The number of halogens is 1. The van der Waals surface area contributed by atoms with Crippen LogP contribution in [0.1, 0.15) is 47.2 Å². The summed E-state index contributed by atoms with van der Waals surface area (Å²) in [4.78, 5) is 13.6. The van der Waals surface area contributed by atoms with Crippen LogP contribution in [0.15, 0.2) is 12.1 Å². The van der Waals surface area contributed by atoms with Crippen molar-refractivity contribution in [3.05, 3.63) is 34.6 Å². The fourth-order valence-electron chi connectivity index (χ4n) is 4.04. The van der Waals surface area contributed by atoms with Gasteiger partial charge in [0.25, 0.3) is 0 Å². The Balaban J connectivity index is 1.76. The minimum atomic E-state index is -0.984. The number of carboxylic acids is 1. The maximum atomic E-state index is 14.0. The van der Waals surface area contributed by atoms with Crippen LogP contribution in [0.25, 0.3) is 0 Å². The molecule has 0 saturated heterocycles. The first-order valence-electron chi connectivity index (χ1n) is 8.39. The van der Waals surface area contributed by atoms with Crippen molar-refractivity contribution in [3.63, 3.8) is 0 Å². The van der Waals surface area contributed by atoms with E-state index in [0.29, 0.717) is 30.0 Å². The number of benzene rings is 1. The van der Waals surface area contributed by atoms with Gasteiger partial charge in [-0.25, -0.2) is 9.18 Å². The molecule has 0 aromatic heterocycles. The van der Waals surface area contributed by atoms with Crippen molar-refractivity contribution in [2.45, 2.75) is 44.8 Å². The Kier molecular flexibility index (Phi) is 4.97. The lowest BCUT2D eigenvalue weighted by Crippen LogP contribution is -2.40. The van der Waals surface area contributed by atoms with Gasteiger partial charge in [0.15, 0.2) is 0 Å². The van der Waals surface area contributed by atoms with Gasteiger partial charge < -0.3 is 9.84 Å². The highest BCUT2D eigenvalue weighted by molar-refractivity contribution is 5.89. The highest BCUT2D eigenvalue weighted by atomic mass is 19.1. The first kappa shape index (κ1) is 16.4. The summed E-state index contributed by atoms with van der Waals surface area (Å²) in [6.07, 6.45) is 5.68. The number of carbonyl (C=O) groups is 1. The summed E-state index contributed by atoms with van der Waals surface area (Å²) in [5, 5.41) is 9.35. The van der Waals surface area contributed by atoms with Crippen LogP contribution >= 0.6 is 0 Å². The predicted octanol–water partition coefficient (Wildman–Crippen LogP) is 3.09. The fourth-order valence-corrected chi connectivity index (χ4v) is 4.04. The van der Waals surface area contributed by atoms with Crippen molar-refractivity contribution in [2.75, 3.05) is 20.2 Å². The smallest absolute Gasteiger partial charge is 0.336 e. The van der Waals surface area contributed by atoms with E-state index in [1.54, 1.807) is 7.11 Å². The van der Waals surface area contributed by atoms with Crippen LogP contribution in [-0.4, -0.2) is 42.3 Å². The molecule has 4 nitrogen and oxygen atoms in total. The van der Waals surface area contributed by atoms with E-state index in [4.69, 9.17) is 4.74 Å². The highest BCUT2D eigenvalue weighted by Crippen LogP contribution is 2.31. The van der Waals surface area contributed by atoms with Gasteiger partial charge in [-0.1, -0.05) is 12.8 Å². The van der Waals surface area contributed by atoms with Crippen LogP contribution < -0.4 is 0 Å². The van der Waals surface area contributed by atoms with Crippen molar-refractivity contribution >= 4 is 5.97 Å². The van der Waals surface area contributed by atoms with E-state index >= 15 is 0 Å². The summed E-state index contributed by atoms with van der Waals surface area (Å²) in [5.74, 6) is -0.682. The SMILES string of the molecule is COC(CN1CCc2c(F)ccc(C(=O)O)c2C1)C1CCCC1. The molecule has 23 heavy (non-hydrogen) atoms. The van der Waals surface area contributed by atoms with Gasteiger partial charge in [-0.3, -0.25) is 4.90 Å². The molecule has 3 rings (SSSR count). The van der Waals surface area contributed by atoms with Crippen LogP contribution in [-0.2, 0) is 17.7 Å². The zero-order valence-corrected chi connectivity index (χ0v) is 13.6. The van der Waals surface area contributed by atoms with Gasteiger partial charge in [-0.05, 0) is 48.4 Å². The standard InChI is InChI=1S/C18H24FNO3/c1-23-17(12-4-2-3-5-12)11-20-9-8-13-15(10-20)14(18(21)22)6-7-16(13)19/h6-7,12,17H,2-5,8-11H2,1H3,(H,21,22). The molecular weight excluding hydrogens is 297 g/mol. The molecule has 1 unspecified atom stereocenters. The van der Waals surface area contributed by atoms with Gasteiger partial charge in [0.1, 0.15) is 5.82 Å². The number of aromatic carboxylic acids is 1. The third-order valence-corrected chi connectivity index (χ3v) is 5.33. The lowest BCUT2D eigenvalue weighted by molar-refractivity contribution is 0.0199. The van der Waals surface area contributed by atoms with E-state index in [-0.39, 0.29) is 17.5 Å². The Bertz CT molecular complexity index is 584. The molecule has 1 aromatic rings. The van der Waals surface area contributed by atoms with Gasteiger partial charge in [0.2, 0.25) is 0 Å². The van der Waals surface area contributed by atoms with E-state index in [1.807, 2.05) is 0 Å². The van der Waals surface area contributed by atoms with Crippen molar-refractivity contribution in [3.8, 4) is 0 Å². The number of rotatable bonds is 5. The fraction of sp³-hybridized carbons (Fsp3) is 0.611. The van der Waals surface area contributed by atoms with Gasteiger partial charge in [0.05, 0.1) is 11.7 Å². The largest absolute Gasteiger partial charge is 0.478 e. The first-order chi connectivity index (χ1) is 11.1. The normalized spacial score (nSPS) is 20.4. The first-order valence-corrected chi connectivity index (χ1v) is 8.39. The Hall–Kier alpha value is -1.46. The number of methoxy groups -OCH3 is 1. The minimum absolute atomic E-state index is 0.181. The average Bonchev–Trinajstić information content (AvgIpc) is 3.06. The molecule has 1 aliphatic carbocycles. The molecule has 5 heteroatoms. The van der Waals surface area contributed by atoms with E-state index in [2.05, 4.69) is 4.90 Å². The summed E-state index contributed by atoms with van der Waals surface area (Å²) in [7, 11) is 1.75. The summed E-state index contributed by atoms with van der Waals surface area (Å²) in [6, 6.07) is 2.65. The van der Waals surface area contributed by atoms with Crippen molar-refractivity contribution < 1.29 is 19.0 Å². The van der Waals surface area contributed by atoms with Crippen molar-refractivity contribution in [1.29, 1.82) is 0 Å². The van der Waals surface area contributed by atoms with Gasteiger partial charge in [-0.2, -0.15) is 0 Å². The Morgan fingerprint density at radius 2 is 2.13 bits per heavy atom. The second kappa shape index (κ2) is 6.97. The molecule has 1 atom stereocenters. The molecule has 2 aliphatic rings. The molecule has 0 radical (unpaired) electrons. The Morgan fingerprint density at radius 3 is 2.78 bits per heavy atom. The van der Waals surface area contributed by atoms with E-state index in [9.17, 15) is 14.3 Å². The highest BCUT2D eigenvalue weighted by Gasteiger charge is 2.30. The quantitative estimate of drug-likeness (QED) is 0.905. The molecular formula is C18H24FNO3. The number of carboxylic acid groups (broad SMARTS) is 1. The third-order valence-electron chi connectivity index (χ3n) is 5.33. The predicted molar refractivity (Wildman–Crippen MR) is 85.1 cm³/mol. The number of fused-ring (bicyclic) bond motifs is 1. The van der Waals surface area contributed by atoms with Crippen molar-refractivity contribution in [1.82, 2.24) is 4.90 Å². The molecule has 0 spiro atoms. The molecule has 1 aromatic carbocycles. The Labute approximate surface area is 136 Å². The topological polar surface area (TPSA) is 49.8 Å². The van der Waals surface area contributed by atoms with E-state index in [1.165, 1.54) is 37.8 Å². The number of nitrogens with zero attached hydrogens (tertiary/aromatic N) is 1. The minimum Gasteiger partial charge on any atom is -0.478 e. The molecule has 0 bridgehead atoms. The lowest BCUT2D eigenvalue weighted by atomic mass is 9.93. The van der Waals surface area contributed by atoms with Crippen LogP contribution in [0.2, 0.25) is 0 Å². The van der Waals surface area contributed by atoms with Gasteiger partial charge in [-0.15, -0.1) is 0 Å². The second-order valence-electron chi connectivity index (χ2n) is 6.66. The molecule has 126 valence electrons. The summed E-state index contributed by atoms with van der Waals surface area (Å²) < 4.78 is 19.7. The number of ether oxygens (including phenoxy) is 1. The zero-order valence-electron chi connectivity index (χ0n) is 13.6. The maximum Gasteiger partial charge on any atom is 0.336 e. The molecule has 1 fully saturated rings. The van der Waals surface area contributed by atoms with Crippen LogP contribution in [0, 0.1) is 11.7 Å². The van der Waals surface area contributed by atoms with Crippen LogP contribution in [0.4, 0.5) is 4.39 Å². The average molecular weight is 321 g/mol. The Morgan fingerprint density at radius 1 is 1.39 bits per heavy atom. The summed E-state index contributed by atoms with van der Waals surface area (Å²) >= 11 is 0. The van der Waals surface area contributed by atoms with Crippen LogP contribution in [0.3, 0.4) is 0 Å². The third kappa shape index (κ3) is 3.40. The van der Waals surface area contributed by atoms with E-state index in [0.717, 1.165) is 13.1 Å². The summed E-state index contributed by atoms with van der Waals surface area (Å²) in [6.45, 7) is 2.02. The molecule has 1 saturated carbocycles. The molecule has 1 aliphatic heterocycles. The van der Waals surface area contributed by atoms with Gasteiger partial charge in [0, 0.05) is 26.7 Å². The molecule has 1 heterocycles. The van der Waals surface area contributed by atoms with Crippen molar-refractivity contribution in [2.24, 2.45) is 5.92 Å². The zero-order chi connectivity index (χ0) is 16.4. The number of hydrogen-bond acceptors (Lipinski definition) is 3. The second-order valence-corrected chi connectivity index (χ2v) is 6.66. The summed E-state index contributed by atoms with van der Waals surface area (Å²) in [5.41, 5.74) is 1.42. The van der Waals surface area contributed by atoms with Crippen LogP contribution in [0.5, 0.6) is 0 Å².